The summed E-state index contributed by atoms with van der Waals surface area (Å²) >= 11 is 0. The molecule has 2 atom stereocenters. The molecule has 1 aromatic carbocycles. The van der Waals surface area contributed by atoms with E-state index < -0.39 is 18.3 Å². The summed E-state index contributed by atoms with van der Waals surface area (Å²) in [6, 6.07) is 4.57. The summed E-state index contributed by atoms with van der Waals surface area (Å²) in [4.78, 5) is 16.3. The largest absolute Gasteiger partial charge is 0.495 e. The van der Waals surface area contributed by atoms with E-state index in [1.165, 1.54) is 12.8 Å². The molecule has 1 aliphatic carbocycles. The van der Waals surface area contributed by atoms with Crippen molar-refractivity contribution in [2.45, 2.75) is 77.2 Å². The van der Waals surface area contributed by atoms with Crippen LogP contribution in [-0.4, -0.2) is 46.4 Å². The van der Waals surface area contributed by atoms with E-state index in [0.29, 0.717) is 19.0 Å². The lowest BCUT2D eigenvalue weighted by atomic mass is 9.78. The molecular formula is C22H30BN3O4. The third-order valence-corrected chi connectivity index (χ3v) is 7.11. The van der Waals surface area contributed by atoms with Crippen LogP contribution in [0.25, 0.3) is 11.0 Å². The van der Waals surface area contributed by atoms with Gasteiger partial charge in [-0.3, -0.25) is 4.79 Å². The van der Waals surface area contributed by atoms with Gasteiger partial charge in [0.05, 0.1) is 23.0 Å². The minimum atomic E-state index is -0.474. The number of nitrogens with zero attached hydrogens (tertiary/aromatic N) is 2. The number of carbonyl (C=O) groups excluding carboxylic acids is 1. The minimum Gasteiger partial charge on any atom is -0.488 e. The van der Waals surface area contributed by atoms with Crippen LogP contribution < -0.4 is 15.5 Å². The first-order chi connectivity index (χ1) is 14.1. The number of benzene rings is 1. The van der Waals surface area contributed by atoms with Gasteiger partial charge in [-0.2, -0.15) is 0 Å². The topological polar surface area (TPSA) is 74.6 Å². The Bertz CT molecular complexity index is 982. The molecule has 1 N–H and O–H groups in total. The first-order valence-corrected chi connectivity index (χ1v) is 10.9. The number of rotatable bonds is 5. The van der Waals surface area contributed by atoms with Gasteiger partial charge in [0.2, 0.25) is 5.91 Å². The summed E-state index contributed by atoms with van der Waals surface area (Å²) in [6.07, 6.45) is 4.65. The van der Waals surface area contributed by atoms with Crippen LogP contribution in [0.5, 0.6) is 5.75 Å². The van der Waals surface area contributed by atoms with Crippen LogP contribution in [0.15, 0.2) is 18.5 Å². The van der Waals surface area contributed by atoms with E-state index in [1.54, 1.807) is 0 Å². The van der Waals surface area contributed by atoms with Crippen molar-refractivity contribution in [2.75, 3.05) is 6.54 Å². The minimum absolute atomic E-state index is 0.0922. The zero-order chi connectivity index (χ0) is 21.3. The van der Waals surface area contributed by atoms with E-state index in [2.05, 4.69) is 48.6 Å². The molecule has 3 aliphatic rings. The van der Waals surface area contributed by atoms with Gasteiger partial charge >= 0.3 is 7.12 Å². The van der Waals surface area contributed by atoms with Gasteiger partial charge in [-0.05, 0) is 65.1 Å². The molecule has 1 saturated carbocycles. The van der Waals surface area contributed by atoms with Crippen molar-refractivity contribution in [3.63, 3.8) is 0 Å². The summed E-state index contributed by atoms with van der Waals surface area (Å²) in [5, 5.41) is 2.91. The van der Waals surface area contributed by atoms with E-state index in [9.17, 15) is 4.79 Å². The first kappa shape index (κ1) is 19.9. The van der Waals surface area contributed by atoms with Crippen molar-refractivity contribution in [1.29, 1.82) is 0 Å². The number of amides is 1. The average molecular weight is 411 g/mol. The van der Waals surface area contributed by atoms with Crippen molar-refractivity contribution in [2.24, 2.45) is 5.92 Å². The Kier molecular flexibility index (Phi) is 4.45. The van der Waals surface area contributed by atoms with E-state index >= 15 is 0 Å². The Hall–Kier alpha value is -2.06. The summed E-state index contributed by atoms with van der Waals surface area (Å²) < 4.78 is 21.2. The molecule has 2 aromatic rings. The number of hydrogen-bond donors (Lipinski definition) is 1. The Balaban J connectivity index is 1.52. The maximum Gasteiger partial charge on any atom is 0.495 e. The van der Waals surface area contributed by atoms with Crippen LogP contribution in [0, 0.1) is 5.92 Å². The molecule has 0 spiro atoms. The maximum absolute atomic E-state index is 11.7. The van der Waals surface area contributed by atoms with Gasteiger partial charge < -0.3 is 23.9 Å². The Labute approximate surface area is 177 Å². The molecule has 30 heavy (non-hydrogen) atoms. The SMILES string of the molecule is C[C@@H](Oc1cc(B2OC(C)(C)C(C)(C)O2)cc2ncn(C3CC3)c12)C1CNC(=O)C1. The van der Waals surface area contributed by atoms with Crippen molar-refractivity contribution in [3.8, 4) is 5.75 Å². The molecule has 1 unspecified atom stereocenters. The van der Waals surface area contributed by atoms with E-state index in [-0.39, 0.29) is 17.9 Å². The highest BCUT2D eigenvalue weighted by atomic mass is 16.7. The standard InChI is InChI=1S/C22H30BN3O4/c1-13(14-8-19(27)24-11-14)28-18-10-15(23-29-21(2,3)22(4,5)30-23)9-17-20(18)26(12-25-17)16-6-7-16/h9-10,12-14,16H,6-8,11H2,1-5H3,(H,24,27)/t13-,14?/m1/s1. The monoisotopic (exact) mass is 411 g/mol. The number of imidazole rings is 1. The average Bonchev–Trinajstić information content (AvgIpc) is 3.18. The molecule has 3 heterocycles. The predicted molar refractivity (Wildman–Crippen MR) is 115 cm³/mol. The number of nitrogens with one attached hydrogen (secondary N) is 1. The molecule has 160 valence electrons. The third-order valence-electron chi connectivity index (χ3n) is 7.11. The van der Waals surface area contributed by atoms with E-state index in [0.717, 1.165) is 22.2 Å². The Morgan fingerprint density at radius 1 is 1.23 bits per heavy atom. The molecule has 1 amide bonds. The second-order valence-electron chi connectivity index (χ2n) is 9.95. The fourth-order valence-electron chi connectivity index (χ4n) is 4.24. The molecular weight excluding hydrogens is 381 g/mol. The smallest absolute Gasteiger partial charge is 0.488 e. The third kappa shape index (κ3) is 3.30. The van der Waals surface area contributed by atoms with Gasteiger partial charge in [-0.25, -0.2) is 4.98 Å². The van der Waals surface area contributed by atoms with Crippen molar-refractivity contribution in [3.05, 3.63) is 18.5 Å². The number of aromatic nitrogens is 2. The van der Waals surface area contributed by atoms with Gasteiger partial charge in [0.25, 0.3) is 0 Å². The molecule has 0 radical (unpaired) electrons. The van der Waals surface area contributed by atoms with Crippen molar-refractivity contribution >= 4 is 29.5 Å². The highest BCUT2D eigenvalue weighted by molar-refractivity contribution is 6.62. The lowest BCUT2D eigenvalue weighted by molar-refractivity contribution is -0.119. The summed E-state index contributed by atoms with van der Waals surface area (Å²) in [7, 11) is -0.474. The van der Waals surface area contributed by atoms with E-state index in [4.69, 9.17) is 14.0 Å². The van der Waals surface area contributed by atoms with Crippen LogP contribution >= 0.6 is 0 Å². The van der Waals surface area contributed by atoms with Crippen LogP contribution in [-0.2, 0) is 14.1 Å². The summed E-state index contributed by atoms with van der Waals surface area (Å²) in [6.45, 7) is 10.9. The summed E-state index contributed by atoms with van der Waals surface area (Å²) in [5.41, 5.74) is 1.98. The zero-order valence-corrected chi connectivity index (χ0v) is 18.4. The van der Waals surface area contributed by atoms with Crippen LogP contribution in [0.1, 0.15) is 59.9 Å². The number of carbonyl (C=O) groups is 1. The second-order valence-corrected chi connectivity index (χ2v) is 9.95. The van der Waals surface area contributed by atoms with Gasteiger partial charge in [-0.1, -0.05) is 0 Å². The molecule has 8 heteroatoms. The maximum atomic E-state index is 11.7. The fraction of sp³-hybridized carbons (Fsp3) is 0.636. The van der Waals surface area contributed by atoms with Gasteiger partial charge in [0.15, 0.2) is 0 Å². The highest BCUT2D eigenvalue weighted by Gasteiger charge is 2.52. The van der Waals surface area contributed by atoms with Gasteiger partial charge in [-0.15, -0.1) is 0 Å². The molecule has 0 bridgehead atoms. The molecule has 1 aromatic heterocycles. The molecule has 5 rings (SSSR count). The fourth-order valence-corrected chi connectivity index (χ4v) is 4.24. The van der Waals surface area contributed by atoms with Crippen molar-refractivity contribution in [1.82, 2.24) is 14.9 Å². The molecule has 2 aliphatic heterocycles. The lowest BCUT2D eigenvalue weighted by Gasteiger charge is -2.32. The number of ether oxygens (including phenoxy) is 1. The second kappa shape index (κ2) is 6.72. The van der Waals surface area contributed by atoms with Crippen LogP contribution in [0.2, 0.25) is 0 Å². The lowest BCUT2D eigenvalue weighted by Crippen LogP contribution is -2.41. The van der Waals surface area contributed by atoms with Crippen LogP contribution in [0.3, 0.4) is 0 Å². The quantitative estimate of drug-likeness (QED) is 0.766. The molecule has 7 nitrogen and oxygen atoms in total. The van der Waals surface area contributed by atoms with Gasteiger partial charge in [0.1, 0.15) is 17.4 Å². The van der Waals surface area contributed by atoms with Gasteiger partial charge in [0, 0.05) is 24.9 Å². The number of hydrogen-bond acceptors (Lipinski definition) is 5. The molecule has 2 saturated heterocycles. The Morgan fingerprint density at radius 3 is 2.53 bits per heavy atom. The van der Waals surface area contributed by atoms with E-state index in [1.807, 2.05) is 19.3 Å². The normalized spacial score (nSPS) is 26.2. The Morgan fingerprint density at radius 2 is 1.93 bits per heavy atom. The first-order valence-electron chi connectivity index (χ1n) is 10.9. The zero-order valence-electron chi connectivity index (χ0n) is 18.4. The highest BCUT2D eigenvalue weighted by Crippen LogP contribution is 2.41. The number of fused-ring (bicyclic) bond motifs is 1. The molecule has 3 fully saturated rings. The van der Waals surface area contributed by atoms with Crippen molar-refractivity contribution < 1.29 is 18.8 Å². The van der Waals surface area contributed by atoms with Crippen LogP contribution in [0.4, 0.5) is 0 Å². The predicted octanol–water partition coefficient (Wildman–Crippen LogP) is 2.57. The summed E-state index contributed by atoms with van der Waals surface area (Å²) in [5.74, 6) is 1.04.